The molecular weight excluding hydrogens is 328 g/mol. The SMILES string of the molecule is CCCNC(=O)Nc1ccc(-c2noc(-c3ccc(C)c(C)c3)n2)cc1. The predicted molar refractivity (Wildman–Crippen MR) is 102 cm³/mol. The summed E-state index contributed by atoms with van der Waals surface area (Å²) in [6.45, 7) is 6.77. The molecule has 1 heterocycles. The van der Waals surface area contributed by atoms with Gasteiger partial charge in [0.05, 0.1) is 0 Å². The maximum atomic E-state index is 11.7. The molecule has 0 bridgehead atoms. The molecule has 3 aromatic rings. The van der Waals surface area contributed by atoms with Crippen LogP contribution in [-0.2, 0) is 0 Å². The van der Waals surface area contributed by atoms with Crippen molar-refractivity contribution in [3.63, 3.8) is 0 Å². The van der Waals surface area contributed by atoms with Crippen LogP contribution in [0, 0.1) is 13.8 Å². The standard InChI is InChI=1S/C20H22N4O2/c1-4-11-21-20(25)22-17-9-7-15(8-10-17)18-23-19(26-24-18)16-6-5-13(2)14(3)12-16/h5-10,12H,4,11H2,1-3H3,(H2,21,22,25). The number of aromatic nitrogens is 2. The molecule has 1 aromatic heterocycles. The summed E-state index contributed by atoms with van der Waals surface area (Å²) in [7, 11) is 0. The molecule has 0 spiro atoms. The third-order valence-corrected chi connectivity index (χ3v) is 4.12. The van der Waals surface area contributed by atoms with E-state index in [2.05, 4.69) is 34.6 Å². The van der Waals surface area contributed by atoms with E-state index >= 15 is 0 Å². The molecule has 0 aliphatic heterocycles. The van der Waals surface area contributed by atoms with E-state index in [4.69, 9.17) is 4.52 Å². The van der Waals surface area contributed by atoms with Crippen LogP contribution in [0.15, 0.2) is 47.0 Å². The zero-order valence-electron chi connectivity index (χ0n) is 15.2. The molecule has 0 aliphatic rings. The van der Waals surface area contributed by atoms with Crippen molar-refractivity contribution in [2.45, 2.75) is 27.2 Å². The number of carbonyl (C=O) groups is 1. The molecule has 0 saturated carbocycles. The number of nitrogens with one attached hydrogen (secondary N) is 2. The van der Waals surface area contributed by atoms with Gasteiger partial charge in [-0.15, -0.1) is 0 Å². The number of carbonyl (C=O) groups excluding carboxylic acids is 1. The van der Waals surface area contributed by atoms with Gasteiger partial charge in [0.15, 0.2) is 0 Å². The summed E-state index contributed by atoms with van der Waals surface area (Å²) in [6.07, 6.45) is 0.896. The maximum Gasteiger partial charge on any atom is 0.319 e. The Kier molecular flexibility index (Phi) is 5.31. The third kappa shape index (κ3) is 4.08. The summed E-state index contributed by atoms with van der Waals surface area (Å²) in [5, 5.41) is 9.61. The molecule has 6 heteroatoms. The van der Waals surface area contributed by atoms with E-state index in [0.29, 0.717) is 23.9 Å². The third-order valence-electron chi connectivity index (χ3n) is 4.12. The number of rotatable bonds is 5. The van der Waals surface area contributed by atoms with Gasteiger partial charge in [-0.1, -0.05) is 18.1 Å². The molecule has 2 aromatic carbocycles. The number of hydrogen-bond donors (Lipinski definition) is 2. The monoisotopic (exact) mass is 350 g/mol. The maximum absolute atomic E-state index is 11.7. The molecule has 2 N–H and O–H groups in total. The van der Waals surface area contributed by atoms with E-state index in [1.54, 1.807) is 0 Å². The lowest BCUT2D eigenvalue weighted by molar-refractivity contribution is 0.252. The Hall–Kier alpha value is -3.15. The molecule has 0 unspecified atom stereocenters. The van der Waals surface area contributed by atoms with Crippen molar-refractivity contribution in [3.8, 4) is 22.8 Å². The number of anilines is 1. The molecule has 0 aliphatic carbocycles. The molecule has 26 heavy (non-hydrogen) atoms. The Labute approximate surface area is 152 Å². The van der Waals surface area contributed by atoms with Crippen LogP contribution in [0.2, 0.25) is 0 Å². The lowest BCUT2D eigenvalue weighted by Crippen LogP contribution is -2.29. The first-order valence-corrected chi connectivity index (χ1v) is 8.63. The van der Waals surface area contributed by atoms with E-state index < -0.39 is 0 Å². The normalized spacial score (nSPS) is 10.6. The van der Waals surface area contributed by atoms with E-state index in [9.17, 15) is 4.79 Å². The summed E-state index contributed by atoms with van der Waals surface area (Å²) >= 11 is 0. The van der Waals surface area contributed by atoms with Crippen molar-refractivity contribution in [3.05, 3.63) is 53.6 Å². The Morgan fingerprint density at radius 1 is 1.04 bits per heavy atom. The molecule has 2 amide bonds. The van der Waals surface area contributed by atoms with Crippen LogP contribution in [0.4, 0.5) is 10.5 Å². The molecule has 3 rings (SSSR count). The minimum Gasteiger partial charge on any atom is -0.338 e. The Bertz CT molecular complexity index is 900. The minimum atomic E-state index is -0.212. The number of urea groups is 1. The van der Waals surface area contributed by atoms with Crippen molar-refractivity contribution in [1.82, 2.24) is 15.5 Å². The van der Waals surface area contributed by atoms with Crippen LogP contribution in [0.25, 0.3) is 22.8 Å². The van der Waals surface area contributed by atoms with Gasteiger partial charge < -0.3 is 15.2 Å². The van der Waals surface area contributed by atoms with Gasteiger partial charge in [0, 0.05) is 23.4 Å². The highest BCUT2D eigenvalue weighted by atomic mass is 16.5. The van der Waals surface area contributed by atoms with Crippen molar-refractivity contribution in [2.75, 3.05) is 11.9 Å². The molecule has 0 radical (unpaired) electrons. The van der Waals surface area contributed by atoms with Gasteiger partial charge in [0.25, 0.3) is 5.89 Å². The second-order valence-corrected chi connectivity index (χ2v) is 6.18. The number of amides is 2. The Morgan fingerprint density at radius 3 is 2.46 bits per heavy atom. The smallest absolute Gasteiger partial charge is 0.319 e. The number of nitrogens with zero attached hydrogens (tertiary/aromatic N) is 2. The van der Waals surface area contributed by atoms with Gasteiger partial charge in [-0.3, -0.25) is 0 Å². The van der Waals surface area contributed by atoms with Crippen LogP contribution in [0.5, 0.6) is 0 Å². The fraction of sp³-hybridized carbons (Fsp3) is 0.250. The molecule has 0 fully saturated rings. The predicted octanol–water partition coefficient (Wildman–Crippen LogP) is 4.55. The highest BCUT2D eigenvalue weighted by Crippen LogP contribution is 2.24. The average Bonchev–Trinajstić information content (AvgIpc) is 3.13. The highest BCUT2D eigenvalue weighted by molar-refractivity contribution is 5.89. The largest absolute Gasteiger partial charge is 0.338 e. The first-order valence-electron chi connectivity index (χ1n) is 8.63. The van der Waals surface area contributed by atoms with E-state index in [1.165, 1.54) is 11.1 Å². The summed E-state index contributed by atoms with van der Waals surface area (Å²) in [5.41, 5.74) is 4.83. The molecule has 134 valence electrons. The molecule has 0 atom stereocenters. The van der Waals surface area contributed by atoms with Gasteiger partial charge in [-0.25, -0.2) is 4.79 Å². The van der Waals surface area contributed by atoms with E-state index in [0.717, 1.165) is 17.5 Å². The molecular formula is C20H22N4O2. The van der Waals surface area contributed by atoms with Crippen LogP contribution < -0.4 is 10.6 Å². The average molecular weight is 350 g/mol. The summed E-state index contributed by atoms with van der Waals surface area (Å²) in [4.78, 5) is 16.2. The second-order valence-electron chi connectivity index (χ2n) is 6.18. The summed E-state index contributed by atoms with van der Waals surface area (Å²) in [6, 6.07) is 13.2. The molecule has 6 nitrogen and oxygen atoms in total. The zero-order chi connectivity index (χ0) is 18.5. The van der Waals surface area contributed by atoms with Crippen LogP contribution in [0.1, 0.15) is 24.5 Å². The Morgan fingerprint density at radius 2 is 1.77 bits per heavy atom. The van der Waals surface area contributed by atoms with Crippen LogP contribution >= 0.6 is 0 Å². The fourth-order valence-corrected chi connectivity index (χ4v) is 2.45. The molecule has 0 saturated heterocycles. The van der Waals surface area contributed by atoms with Crippen molar-refractivity contribution in [2.24, 2.45) is 0 Å². The zero-order valence-corrected chi connectivity index (χ0v) is 15.2. The van der Waals surface area contributed by atoms with Crippen molar-refractivity contribution in [1.29, 1.82) is 0 Å². The van der Waals surface area contributed by atoms with Crippen molar-refractivity contribution >= 4 is 11.7 Å². The van der Waals surface area contributed by atoms with Gasteiger partial charge in [0.1, 0.15) is 0 Å². The van der Waals surface area contributed by atoms with Gasteiger partial charge in [-0.05, 0) is 67.8 Å². The number of aryl methyl sites for hydroxylation is 2. The lowest BCUT2D eigenvalue weighted by Gasteiger charge is -2.06. The van der Waals surface area contributed by atoms with Gasteiger partial charge in [-0.2, -0.15) is 4.98 Å². The van der Waals surface area contributed by atoms with E-state index in [1.807, 2.05) is 49.4 Å². The lowest BCUT2D eigenvalue weighted by atomic mass is 10.1. The van der Waals surface area contributed by atoms with E-state index in [-0.39, 0.29) is 6.03 Å². The minimum absolute atomic E-state index is 0.212. The van der Waals surface area contributed by atoms with Gasteiger partial charge >= 0.3 is 6.03 Å². The van der Waals surface area contributed by atoms with Crippen LogP contribution in [-0.4, -0.2) is 22.7 Å². The van der Waals surface area contributed by atoms with Gasteiger partial charge in [0.2, 0.25) is 5.82 Å². The quantitative estimate of drug-likeness (QED) is 0.707. The summed E-state index contributed by atoms with van der Waals surface area (Å²) in [5.74, 6) is 1.00. The highest BCUT2D eigenvalue weighted by Gasteiger charge is 2.11. The first kappa shape index (κ1) is 17.7. The number of hydrogen-bond acceptors (Lipinski definition) is 4. The summed E-state index contributed by atoms with van der Waals surface area (Å²) < 4.78 is 5.40. The second kappa shape index (κ2) is 7.82. The van der Waals surface area contributed by atoms with Crippen molar-refractivity contribution < 1.29 is 9.32 Å². The van der Waals surface area contributed by atoms with Crippen LogP contribution in [0.3, 0.4) is 0 Å². The Balaban J connectivity index is 1.73. The fourth-order valence-electron chi connectivity index (χ4n) is 2.45. The topological polar surface area (TPSA) is 80.0 Å². The first-order chi connectivity index (χ1) is 12.6. The number of benzene rings is 2.